The lowest BCUT2D eigenvalue weighted by atomic mass is 9.49. The lowest BCUT2D eigenvalue weighted by Crippen LogP contribution is -2.53. The summed E-state index contributed by atoms with van der Waals surface area (Å²) >= 11 is 6.34. The van der Waals surface area contributed by atoms with Crippen LogP contribution in [0.15, 0.2) is 103 Å². The van der Waals surface area contributed by atoms with E-state index in [9.17, 15) is 33.8 Å². The quantitative estimate of drug-likeness (QED) is 0.151. The van der Waals surface area contributed by atoms with Gasteiger partial charge >= 0.3 is 5.97 Å². The maximum Gasteiger partial charge on any atom is 0.335 e. The Morgan fingerprint density at radius 1 is 0.925 bits per heavy atom. The van der Waals surface area contributed by atoms with Gasteiger partial charge in [0.1, 0.15) is 5.82 Å². The number of carboxylic acids is 1. The highest BCUT2D eigenvalue weighted by atomic mass is 35.5. The summed E-state index contributed by atoms with van der Waals surface area (Å²) in [6.45, 7) is 0. The molecule has 0 aromatic heterocycles. The Morgan fingerprint density at radius 3 is 2.36 bits per heavy atom. The van der Waals surface area contributed by atoms with Gasteiger partial charge in [-0.3, -0.25) is 29.5 Å². The minimum atomic E-state index is -1.62. The number of imide groups is 2. The number of nitrogens with one attached hydrogen (secondary N) is 1. The van der Waals surface area contributed by atoms with E-state index in [1.165, 1.54) is 61.7 Å². The first-order valence-electron chi connectivity index (χ1n) is 16.9. The molecular weight excluding hydrogens is 705 g/mol. The molecule has 6 unspecified atom stereocenters. The smallest absolute Gasteiger partial charge is 0.335 e. The highest BCUT2D eigenvalue weighted by molar-refractivity contribution is 6.30. The van der Waals surface area contributed by atoms with Crippen molar-refractivity contribution >= 4 is 52.6 Å². The molecule has 1 saturated carbocycles. The zero-order valence-corrected chi connectivity index (χ0v) is 28.8. The molecule has 11 nitrogen and oxygen atoms in total. The van der Waals surface area contributed by atoms with Crippen LogP contribution in [0.4, 0.5) is 15.8 Å². The number of methoxy groups -OCH3 is 1. The van der Waals surface area contributed by atoms with Gasteiger partial charge < -0.3 is 14.9 Å². The molecule has 13 heteroatoms. The topological polar surface area (TPSA) is 154 Å². The van der Waals surface area contributed by atoms with Crippen molar-refractivity contribution in [1.29, 1.82) is 0 Å². The van der Waals surface area contributed by atoms with Gasteiger partial charge in [-0.15, -0.1) is 0 Å². The third kappa shape index (κ3) is 5.11. The molecule has 8 rings (SSSR count). The van der Waals surface area contributed by atoms with E-state index in [1.54, 1.807) is 36.4 Å². The summed E-state index contributed by atoms with van der Waals surface area (Å²) in [5.41, 5.74) is 3.26. The van der Waals surface area contributed by atoms with E-state index in [-0.39, 0.29) is 41.3 Å². The molecule has 2 aliphatic carbocycles. The van der Waals surface area contributed by atoms with E-state index in [1.807, 2.05) is 6.08 Å². The number of hydrogen-bond donors (Lipinski definition) is 3. The lowest BCUT2D eigenvalue weighted by molar-refractivity contribution is -0.138. The molecule has 4 amide bonds. The maximum absolute atomic E-state index is 15.2. The number of amides is 4. The van der Waals surface area contributed by atoms with Gasteiger partial charge in [-0.05, 0) is 96.6 Å². The van der Waals surface area contributed by atoms with E-state index in [0.29, 0.717) is 21.7 Å². The summed E-state index contributed by atoms with van der Waals surface area (Å²) in [5.74, 6) is -8.37. The highest BCUT2D eigenvalue weighted by Crippen LogP contribution is 2.64. The second-order valence-corrected chi connectivity index (χ2v) is 14.1. The number of rotatable bonds is 7. The Labute approximate surface area is 307 Å². The molecule has 4 aliphatic rings. The van der Waals surface area contributed by atoms with Crippen LogP contribution < -0.4 is 15.1 Å². The van der Waals surface area contributed by atoms with Crippen molar-refractivity contribution in [3.8, 4) is 11.5 Å². The lowest BCUT2D eigenvalue weighted by Gasteiger charge is -2.50. The predicted octanol–water partition coefficient (Wildman–Crippen LogP) is 6.08. The van der Waals surface area contributed by atoms with Crippen LogP contribution >= 0.6 is 11.6 Å². The molecular formula is C40H31ClFN3O8. The van der Waals surface area contributed by atoms with E-state index in [2.05, 4.69) is 5.43 Å². The fraction of sp³-hybridized carbons (Fsp3) is 0.225. The van der Waals surface area contributed by atoms with Gasteiger partial charge in [0.2, 0.25) is 11.8 Å². The predicted molar refractivity (Wildman–Crippen MR) is 190 cm³/mol. The third-order valence-corrected chi connectivity index (χ3v) is 11.4. The zero-order valence-electron chi connectivity index (χ0n) is 28.0. The number of aromatic carboxylic acids is 1. The summed E-state index contributed by atoms with van der Waals surface area (Å²) in [6, 6.07) is 22.1. The number of benzene rings is 4. The van der Waals surface area contributed by atoms with Crippen molar-refractivity contribution in [2.45, 2.75) is 24.2 Å². The maximum atomic E-state index is 15.2. The molecule has 2 aliphatic heterocycles. The number of anilines is 2. The molecule has 2 saturated heterocycles. The number of carbonyl (C=O) groups is 5. The molecule has 4 aromatic carbocycles. The number of phenols is 1. The highest BCUT2D eigenvalue weighted by Gasteiger charge is 2.70. The van der Waals surface area contributed by atoms with Crippen LogP contribution in [0.1, 0.15) is 40.2 Å². The molecule has 3 fully saturated rings. The SMILES string of the molecule is COc1cc(C2C3=CCC4C(=O)N(c5cccc(C(=O)O)c5)C(=O)C4C3CC3C(=O)N(Nc4ccc(F)cc4)C(=O)C32c2ccc(Cl)cc2)ccc1O. The molecule has 0 spiro atoms. The average molecular weight is 736 g/mol. The summed E-state index contributed by atoms with van der Waals surface area (Å²) in [5, 5.41) is 21.6. The molecule has 268 valence electrons. The number of ether oxygens (including phenoxy) is 1. The number of phenolic OH excluding ortho intramolecular Hbond substituents is 1. The van der Waals surface area contributed by atoms with E-state index in [4.69, 9.17) is 16.3 Å². The van der Waals surface area contributed by atoms with Crippen LogP contribution in [0, 0.1) is 29.5 Å². The second kappa shape index (κ2) is 12.6. The summed E-state index contributed by atoms with van der Waals surface area (Å²) in [4.78, 5) is 71.3. The Hall–Kier alpha value is -6.01. The van der Waals surface area contributed by atoms with Crippen molar-refractivity contribution in [2.24, 2.45) is 23.7 Å². The molecule has 3 N–H and O–H groups in total. The summed E-state index contributed by atoms with van der Waals surface area (Å²) in [7, 11) is 1.39. The number of aromatic hydroxyl groups is 1. The van der Waals surface area contributed by atoms with Gasteiger partial charge in [-0.25, -0.2) is 9.18 Å². The number of halogens is 2. The van der Waals surface area contributed by atoms with Gasteiger partial charge in [0, 0.05) is 10.9 Å². The van der Waals surface area contributed by atoms with Crippen LogP contribution in [0.25, 0.3) is 0 Å². The number of hydrazine groups is 1. The normalized spacial score (nSPS) is 26.2. The minimum absolute atomic E-state index is 0.00947. The first kappa shape index (κ1) is 34.1. The van der Waals surface area contributed by atoms with Gasteiger partial charge in [0.15, 0.2) is 11.5 Å². The molecule has 0 bridgehead atoms. The van der Waals surface area contributed by atoms with Gasteiger partial charge in [0.05, 0.1) is 47.2 Å². The number of allylic oxidation sites excluding steroid dienone is 2. The van der Waals surface area contributed by atoms with Gasteiger partial charge in [0.25, 0.3) is 11.8 Å². The number of fused-ring (bicyclic) bond motifs is 4. The van der Waals surface area contributed by atoms with Crippen molar-refractivity contribution in [2.75, 3.05) is 17.4 Å². The second-order valence-electron chi connectivity index (χ2n) is 13.7. The first-order chi connectivity index (χ1) is 25.4. The monoisotopic (exact) mass is 735 g/mol. The van der Waals surface area contributed by atoms with Crippen molar-refractivity contribution in [3.63, 3.8) is 0 Å². The Morgan fingerprint density at radius 2 is 1.66 bits per heavy atom. The van der Waals surface area contributed by atoms with Crippen molar-refractivity contribution in [3.05, 3.63) is 130 Å². The molecule has 53 heavy (non-hydrogen) atoms. The fourth-order valence-corrected chi connectivity index (χ4v) is 9.06. The van der Waals surface area contributed by atoms with E-state index in [0.717, 1.165) is 9.91 Å². The standard InChI is InChI=1S/C40H31ClFN3O8/c1-53-32-18-20(5-16-31(32)46)34-27-14-15-28-33(37(49)44(35(28)47)26-4-2-3-21(17-26)38(50)51)29(27)19-30-36(48)45(43-25-12-10-24(42)11-13-25)39(52)40(30,34)22-6-8-23(41)9-7-22/h2-14,16-18,28-30,33-34,43,46H,15,19H2,1H3,(H,50,51). The van der Waals surface area contributed by atoms with Crippen LogP contribution in [0.2, 0.25) is 5.02 Å². The van der Waals surface area contributed by atoms with Crippen LogP contribution in [-0.4, -0.2) is 51.9 Å². The number of carboxylic acid groups (broad SMARTS) is 1. The number of carbonyl (C=O) groups excluding carboxylic acids is 4. The summed E-state index contributed by atoms with van der Waals surface area (Å²) in [6.07, 6.45) is 2.03. The number of nitrogens with zero attached hydrogens (tertiary/aromatic N) is 2. The van der Waals surface area contributed by atoms with Gasteiger partial charge in [-0.1, -0.05) is 47.5 Å². The number of hydrogen-bond acceptors (Lipinski definition) is 8. The molecule has 4 aromatic rings. The molecule has 2 heterocycles. The Balaban J connectivity index is 1.32. The Kier molecular flexibility index (Phi) is 8.10. The fourth-order valence-electron chi connectivity index (χ4n) is 8.94. The summed E-state index contributed by atoms with van der Waals surface area (Å²) < 4.78 is 19.4. The molecule has 6 atom stereocenters. The van der Waals surface area contributed by atoms with Crippen molar-refractivity contribution < 1.29 is 43.3 Å². The third-order valence-electron chi connectivity index (χ3n) is 11.1. The zero-order chi connectivity index (χ0) is 37.3. The van der Waals surface area contributed by atoms with E-state index < -0.39 is 70.4 Å². The van der Waals surface area contributed by atoms with Crippen LogP contribution in [0.5, 0.6) is 11.5 Å². The largest absolute Gasteiger partial charge is 0.504 e. The van der Waals surface area contributed by atoms with Crippen LogP contribution in [0.3, 0.4) is 0 Å². The minimum Gasteiger partial charge on any atom is -0.504 e. The van der Waals surface area contributed by atoms with E-state index >= 15 is 4.79 Å². The Bertz CT molecular complexity index is 2260. The van der Waals surface area contributed by atoms with Crippen LogP contribution in [-0.2, 0) is 24.6 Å². The average Bonchev–Trinajstić information content (AvgIpc) is 3.53. The first-order valence-corrected chi connectivity index (χ1v) is 17.3. The van der Waals surface area contributed by atoms with Crippen molar-refractivity contribution in [1.82, 2.24) is 5.01 Å². The molecule has 0 radical (unpaired) electrons. The van der Waals surface area contributed by atoms with Gasteiger partial charge in [-0.2, -0.15) is 5.01 Å².